The Morgan fingerprint density at radius 3 is 0.819 bits per heavy atom. The highest BCUT2D eigenvalue weighted by Crippen LogP contribution is 2.45. The van der Waals surface area contributed by atoms with E-state index in [9.17, 15) is 0 Å². The van der Waals surface area contributed by atoms with Crippen molar-refractivity contribution in [1.29, 1.82) is 0 Å². The highest BCUT2D eigenvalue weighted by Gasteiger charge is 2.49. The molecule has 2 saturated heterocycles. The maximum atomic E-state index is 6.72. The molecule has 6 aromatic carbocycles. The minimum Gasteiger partial charge on any atom is -0.345 e. The summed E-state index contributed by atoms with van der Waals surface area (Å²) in [4.78, 5) is 20.7. The topological polar surface area (TPSA) is 98.3 Å². The predicted molar refractivity (Wildman–Crippen MR) is 333 cm³/mol. The number of nitrogens with zero attached hydrogens (tertiary/aromatic N) is 6. The van der Waals surface area contributed by atoms with Gasteiger partial charge >= 0.3 is 0 Å². The fourth-order valence-corrected chi connectivity index (χ4v) is 12.8. The molecule has 10 heteroatoms. The number of aromatic nitrogens is 6. The zero-order valence-electron chi connectivity index (χ0n) is 48.8. The lowest BCUT2D eigenvalue weighted by atomic mass is 9.88. The van der Waals surface area contributed by atoms with Gasteiger partial charge in [-0.15, -0.1) is 0 Å². The Hall–Kier alpha value is -8.64. The molecule has 0 unspecified atom stereocenters. The fraction of sp³-hybridized carbons (Fsp3) is 0.233. The minimum atomic E-state index is -0.988. The van der Waals surface area contributed by atoms with Gasteiger partial charge in [0.05, 0.1) is 31.8 Å². The first-order valence-corrected chi connectivity index (χ1v) is 28.7. The van der Waals surface area contributed by atoms with Crippen LogP contribution in [0.1, 0.15) is 69.5 Å². The summed E-state index contributed by atoms with van der Waals surface area (Å²) in [5.41, 5.74) is 25.4. The van der Waals surface area contributed by atoms with Gasteiger partial charge in [-0.25, -0.2) is 19.9 Å². The zero-order chi connectivity index (χ0) is 57.1. The molecule has 0 amide bonds. The molecule has 0 radical (unpaired) electrons. The van der Waals surface area contributed by atoms with E-state index < -0.39 is 17.0 Å². The van der Waals surface area contributed by atoms with E-state index in [1.54, 1.807) is 0 Å². The van der Waals surface area contributed by atoms with Crippen LogP contribution in [0.3, 0.4) is 0 Å². The Morgan fingerprint density at radius 1 is 0.325 bits per heavy atom. The van der Waals surface area contributed by atoms with E-state index in [1.807, 2.05) is 38.6 Å². The quantitative estimate of drug-likeness (QED) is 0.148. The number of pyridine rings is 4. The molecular formula is C73H66N6O4. The van der Waals surface area contributed by atoms with Crippen molar-refractivity contribution in [3.63, 3.8) is 0 Å². The second kappa shape index (κ2) is 19.8. The summed E-state index contributed by atoms with van der Waals surface area (Å²) in [7, 11) is 0. The molecule has 0 saturated carbocycles. The molecule has 6 aromatic heterocycles. The van der Waals surface area contributed by atoms with Gasteiger partial charge < -0.3 is 18.9 Å². The molecule has 8 heterocycles. The van der Waals surface area contributed by atoms with E-state index in [0.717, 1.165) is 88.9 Å². The monoisotopic (exact) mass is 1090 g/mol. The molecule has 12 aromatic rings. The third-order valence-corrected chi connectivity index (χ3v) is 17.6. The fourth-order valence-electron chi connectivity index (χ4n) is 12.8. The van der Waals surface area contributed by atoms with Crippen molar-refractivity contribution in [2.45, 2.75) is 80.8 Å². The van der Waals surface area contributed by atoms with Crippen molar-refractivity contribution in [3.8, 4) is 55.9 Å². The van der Waals surface area contributed by atoms with Crippen LogP contribution in [0.4, 0.5) is 0 Å². The molecule has 412 valence electrons. The maximum Gasteiger partial charge on any atom is 0.191 e. The number of hydrogen-bond acceptors (Lipinski definition) is 8. The van der Waals surface area contributed by atoms with E-state index in [2.05, 4.69) is 210 Å². The van der Waals surface area contributed by atoms with Crippen molar-refractivity contribution in [2.24, 2.45) is 5.41 Å². The van der Waals surface area contributed by atoms with Gasteiger partial charge in [0.15, 0.2) is 11.6 Å². The van der Waals surface area contributed by atoms with Gasteiger partial charge in [-0.3, -0.25) is 9.13 Å². The summed E-state index contributed by atoms with van der Waals surface area (Å²) in [6, 6.07) is 52.2. The van der Waals surface area contributed by atoms with Crippen molar-refractivity contribution in [3.05, 3.63) is 226 Å². The third-order valence-electron chi connectivity index (χ3n) is 17.6. The van der Waals surface area contributed by atoms with Crippen LogP contribution < -0.4 is 0 Å². The van der Waals surface area contributed by atoms with Crippen LogP contribution in [0.2, 0.25) is 0 Å². The maximum absolute atomic E-state index is 6.72. The summed E-state index contributed by atoms with van der Waals surface area (Å²) < 4.78 is 31.2. The second-order valence-corrected chi connectivity index (χ2v) is 24.0. The van der Waals surface area contributed by atoms with Gasteiger partial charge in [-0.2, -0.15) is 0 Å². The molecule has 2 fully saturated rings. The summed E-state index contributed by atoms with van der Waals surface area (Å²) in [6.07, 6.45) is 7.95. The van der Waals surface area contributed by atoms with Crippen LogP contribution in [0, 0.1) is 60.8 Å². The molecule has 83 heavy (non-hydrogen) atoms. The first-order chi connectivity index (χ1) is 40.0. The second-order valence-electron chi connectivity index (χ2n) is 24.0. The predicted octanol–water partition coefficient (Wildman–Crippen LogP) is 16.7. The van der Waals surface area contributed by atoms with Crippen LogP contribution in [0.15, 0.2) is 170 Å². The highest BCUT2D eigenvalue weighted by atomic mass is 16.7. The van der Waals surface area contributed by atoms with Crippen LogP contribution >= 0.6 is 0 Å². The van der Waals surface area contributed by atoms with Crippen LogP contribution in [0.5, 0.6) is 0 Å². The first kappa shape index (κ1) is 52.4. The molecular weight excluding hydrogens is 1020 g/mol. The molecule has 0 N–H and O–H groups in total. The minimum absolute atomic E-state index is 0.400. The Bertz CT molecular complexity index is 4060. The number of benzene rings is 6. The Kier molecular flexibility index (Phi) is 12.5. The Labute approximate surface area is 484 Å². The average Bonchev–Trinajstić information content (AvgIpc) is 2.67. The lowest BCUT2D eigenvalue weighted by Gasteiger charge is -2.49. The summed E-state index contributed by atoms with van der Waals surface area (Å²) >= 11 is 0. The number of ether oxygens (including phenoxy) is 4. The van der Waals surface area contributed by atoms with E-state index in [4.69, 9.17) is 38.9 Å². The van der Waals surface area contributed by atoms with Crippen LogP contribution in [-0.4, -0.2) is 55.5 Å². The molecule has 2 aliphatic heterocycles. The van der Waals surface area contributed by atoms with Gasteiger partial charge in [-0.1, -0.05) is 119 Å². The third kappa shape index (κ3) is 9.03. The number of fused-ring (bicyclic) bond motifs is 6. The Morgan fingerprint density at radius 2 is 0.578 bits per heavy atom. The summed E-state index contributed by atoms with van der Waals surface area (Å²) in [5, 5.41) is 4.18. The smallest absolute Gasteiger partial charge is 0.191 e. The number of rotatable bonds is 8. The van der Waals surface area contributed by atoms with Crippen LogP contribution in [0.25, 0.3) is 100 Å². The average molecular weight is 1090 g/mol. The van der Waals surface area contributed by atoms with E-state index in [0.29, 0.717) is 26.4 Å². The molecule has 0 atom stereocenters. The largest absolute Gasteiger partial charge is 0.345 e. The SMILES string of the molecule is Cc1ccc(-c2cnc3c(c2)c2cc(-c4ccc(C)cc4C)cnc2n3-c2ccc(C3(C)OCC4(CO3)COC(C)(c3ccc(-n5c6ncc(-c7ccc(C)cc7C)cc6c6cc(-c7ccc(C)cc7C)cnc65)cc3)OC4)cc2)c(C)c1. The van der Waals surface area contributed by atoms with E-state index in [1.165, 1.54) is 66.8 Å². The van der Waals surface area contributed by atoms with E-state index in [-0.39, 0.29) is 0 Å². The lowest BCUT2D eigenvalue weighted by molar-refractivity contribution is -0.368. The van der Waals surface area contributed by atoms with Gasteiger partial charge in [-0.05, 0) is 162 Å². The van der Waals surface area contributed by atoms with Gasteiger partial charge in [0, 0.05) is 91.1 Å². The standard InChI is InChI=1S/C73H66N6O4/c1-43-11-23-59(47(5)27-43)51-31-63-64-32-52(60-24-12-44(2)28-48(60)6)36-75-68(64)78(67(63)74-35-51)57-19-15-55(16-20-57)71(9)80-39-73(40-81-71)41-82-72(10,83-42-73)56-17-21-58(22-18-56)79-69-65(33-53(37-76-69)61-25-13-45(3)29-49(61)7)66-34-54(38-77-70(66)79)62-26-14-46(4)30-50(62)8/h11-38H,39-42H2,1-10H3. The molecule has 10 nitrogen and oxygen atoms in total. The normalized spacial score (nSPS) is 19.2. The van der Waals surface area contributed by atoms with Crippen LogP contribution in [-0.2, 0) is 30.5 Å². The molecule has 2 aliphatic rings. The first-order valence-electron chi connectivity index (χ1n) is 28.7. The van der Waals surface area contributed by atoms with E-state index >= 15 is 0 Å². The van der Waals surface area contributed by atoms with Crippen molar-refractivity contribution in [1.82, 2.24) is 29.1 Å². The Balaban J connectivity index is 0.709. The highest BCUT2D eigenvalue weighted by molar-refractivity contribution is 6.10. The summed E-state index contributed by atoms with van der Waals surface area (Å²) in [6.45, 7) is 22.8. The van der Waals surface area contributed by atoms with Gasteiger partial charge in [0.1, 0.15) is 22.6 Å². The lowest BCUT2D eigenvalue weighted by Crippen LogP contribution is -2.56. The molecule has 14 rings (SSSR count). The molecule has 0 aliphatic carbocycles. The number of hydrogen-bond donors (Lipinski definition) is 0. The molecule has 1 spiro atoms. The van der Waals surface area contributed by atoms with Gasteiger partial charge in [0.25, 0.3) is 0 Å². The number of aryl methyl sites for hydroxylation is 8. The van der Waals surface area contributed by atoms with Crippen molar-refractivity contribution in [2.75, 3.05) is 26.4 Å². The molecule has 0 bridgehead atoms. The van der Waals surface area contributed by atoms with Gasteiger partial charge in [0.2, 0.25) is 0 Å². The van der Waals surface area contributed by atoms with Crippen molar-refractivity contribution >= 4 is 44.1 Å². The summed E-state index contributed by atoms with van der Waals surface area (Å²) in [5.74, 6) is -1.98. The van der Waals surface area contributed by atoms with Crippen molar-refractivity contribution < 1.29 is 18.9 Å². The zero-order valence-corrected chi connectivity index (χ0v) is 48.8.